The van der Waals surface area contributed by atoms with Crippen molar-refractivity contribution in [3.05, 3.63) is 94.0 Å². The largest absolute Gasteiger partial charge is 0.504 e. The Morgan fingerprint density at radius 1 is 1.00 bits per heavy atom. The predicted octanol–water partition coefficient (Wildman–Crippen LogP) is 4.58. The Morgan fingerprint density at radius 2 is 1.76 bits per heavy atom. The highest BCUT2D eigenvalue weighted by Crippen LogP contribution is 2.27. The number of methoxy groups -OCH3 is 1. The number of benzene rings is 3. The van der Waals surface area contributed by atoms with Crippen LogP contribution in [0.25, 0.3) is 28.7 Å². The third-order valence-electron chi connectivity index (χ3n) is 4.79. The highest BCUT2D eigenvalue weighted by molar-refractivity contribution is 5.80. The van der Waals surface area contributed by atoms with Crippen LogP contribution in [-0.2, 0) is 0 Å². The number of aromatic nitrogens is 2. The minimum absolute atomic E-state index is 0.0744. The highest BCUT2D eigenvalue weighted by atomic mass is 16.5. The number of aryl methyl sites for hydroxylation is 1. The minimum atomic E-state index is -0.118. The molecule has 0 aliphatic rings. The molecule has 0 spiro atoms. The number of hydrogen-bond donors (Lipinski definition) is 1. The third-order valence-corrected chi connectivity index (χ3v) is 4.79. The predicted molar refractivity (Wildman–Crippen MR) is 116 cm³/mol. The summed E-state index contributed by atoms with van der Waals surface area (Å²) < 4.78 is 6.80. The molecule has 0 saturated heterocycles. The number of fused-ring (bicyclic) bond motifs is 1. The topological polar surface area (TPSA) is 64.3 Å². The smallest absolute Gasteiger partial charge is 0.266 e. The van der Waals surface area contributed by atoms with Crippen molar-refractivity contribution in [2.75, 3.05) is 7.11 Å². The van der Waals surface area contributed by atoms with Crippen molar-refractivity contribution in [2.24, 2.45) is 0 Å². The molecule has 0 amide bonds. The molecule has 0 aliphatic heterocycles. The van der Waals surface area contributed by atoms with E-state index in [1.165, 1.54) is 7.11 Å². The third kappa shape index (κ3) is 3.50. The van der Waals surface area contributed by atoms with Gasteiger partial charge in [-0.2, -0.15) is 0 Å². The number of aromatic hydroxyl groups is 1. The van der Waals surface area contributed by atoms with Gasteiger partial charge in [0.25, 0.3) is 5.56 Å². The average Bonchev–Trinajstić information content (AvgIpc) is 2.74. The van der Waals surface area contributed by atoms with E-state index in [4.69, 9.17) is 9.72 Å². The minimum Gasteiger partial charge on any atom is -0.504 e. The molecule has 4 rings (SSSR count). The summed E-state index contributed by atoms with van der Waals surface area (Å²) in [6.45, 7) is 1.97. The van der Waals surface area contributed by atoms with Crippen LogP contribution in [0.3, 0.4) is 0 Å². The molecule has 3 aromatic carbocycles. The molecule has 144 valence electrons. The maximum Gasteiger partial charge on any atom is 0.266 e. The SMILES string of the molecule is COc1cc(/C=C/c2nc3ccccc3c(=O)n2-c2ccccc2C)ccc1O. The number of ether oxygens (including phenoxy) is 1. The second-order valence-corrected chi connectivity index (χ2v) is 6.68. The molecular weight excluding hydrogens is 364 g/mol. The van der Waals surface area contributed by atoms with Crippen molar-refractivity contribution in [1.82, 2.24) is 9.55 Å². The molecule has 5 heteroatoms. The monoisotopic (exact) mass is 384 g/mol. The number of phenolic OH excluding ortho intramolecular Hbond substituents is 1. The van der Waals surface area contributed by atoms with Crippen molar-refractivity contribution in [1.29, 1.82) is 0 Å². The van der Waals surface area contributed by atoms with Gasteiger partial charge in [0.05, 0.1) is 23.7 Å². The number of nitrogens with zero attached hydrogens (tertiary/aromatic N) is 2. The number of para-hydroxylation sites is 2. The van der Waals surface area contributed by atoms with Crippen molar-refractivity contribution in [3.8, 4) is 17.2 Å². The zero-order valence-electron chi connectivity index (χ0n) is 16.2. The second-order valence-electron chi connectivity index (χ2n) is 6.68. The lowest BCUT2D eigenvalue weighted by Gasteiger charge is -2.13. The van der Waals surface area contributed by atoms with Crippen molar-refractivity contribution in [3.63, 3.8) is 0 Å². The molecule has 29 heavy (non-hydrogen) atoms. The van der Waals surface area contributed by atoms with Crippen molar-refractivity contribution >= 4 is 23.1 Å². The fraction of sp³-hybridized carbons (Fsp3) is 0.0833. The zero-order chi connectivity index (χ0) is 20.4. The van der Waals surface area contributed by atoms with Gasteiger partial charge in [-0.1, -0.05) is 42.5 Å². The summed E-state index contributed by atoms with van der Waals surface area (Å²) in [4.78, 5) is 18.0. The fourth-order valence-corrected chi connectivity index (χ4v) is 3.28. The number of phenols is 1. The summed E-state index contributed by atoms with van der Waals surface area (Å²) in [6.07, 6.45) is 3.64. The first-order valence-corrected chi connectivity index (χ1v) is 9.21. The Kier molecular flexibility index (Phi) is 4.87. The van der Waals surface area contributed by atoms with E-state index in [0.717, 1.165) is 16.8 Å². The Balaban J connectivity index is 1.92. The summed E-state index contributed by atoms with van der Waals surface area (Å²) in [5.41, 5.74) is 3.11. The number of hydrogen-bond acceptors (Lipinski definition) is 4. The summed E-state index contributed by atoms with van der Waals surface area (Å²) in [6, 6.07) is 20.1. The molecule has 0 radical (unpaired) electrons. The van der Waals surface area contributed by atoms with E-state index in [9.17, 15) is 9.90 Å². The molecule has 5 nitrogen and oxygen atoms in total. The van der Waals surface area contributed by atoms with Crippen LogP contribution in [0.5, 0.6) is 11.5 Å². The van der Waals surface area contributed by atoms with E-state index in [2.05, 4.69) is 0 Å². The van der Waals surface area contributed by atoms with Crippen LogP contribution in [0.1, 0.15) is 17.0 Å². The van der Waals surface area contributed by atoms with E-state index < -0.39 is 0 Å². The first-order valence-electron chi connectivity index (χ1n) is 9.21. The quantitative estimate of drug-likeness (QED) is 0.559. The van der Waals surface area contributed by atoms with Gasteiger partial charge in [0.15, 0.2) is 11.5 Å². The maximum atomic E-state index is 13.3. The molecule has 0 fully saturated rings. The first kappa shape index (κ1) is 18.5. The van der Waals surface area contributed by atoms with Crippen LogP contribution in [0.4, 0.5) is 0 Å². The van der Waals surface area contributed by atoms with E-state index in [0.29, 0.717) is 22.5 Å². The van der Waals surface area contributed by atoms with E-state index in [-0.39, 0.29) is 11.3 Å². The molecule has 4 aromatic rings. The standard InChI is InChI=1S/C24H20N2O3/c1-16-7-3-6-10-20(16)26-23(25-19-9-5-4-8-18(19)24(26)28)14-12-17-11-13-21(27)22(15-17)29-2/h3-15,27H,1-2H3/b14-12+. The van der Waals surface area contributed by atoms with Gasteiger partial charge in [-0.25, -0.2) is 4.98 Å². The lowest BCUT2D eigenvalue weighted by atomic mass is 10.1. The van der Waals surface area contributed by atoms with Gasteiger partial charge in [0.2, 0.25) is 0 Å². The molecule has 0 unspecified atom stereocenters. The van der Waals surface area contributed by atoms with Crippen molar-refractivity contribution < 1.29 is 9.84 Å². The van der Waals surface area contributed by atoms with Crippen LogP contribution >= 0.6 is 0 Å². The van der Waals surface area contributed by atoms with Gasteiger partial charge in [0, 0.05) is 0 Å². The van der Waals surface area contributed by atoms with E-state index in [1.54, 1.807) is 34.9 Å². The zero-order valence-corrected chi connectivity index (χ0v) is 16.2. The van der Waals surface area contributed by atoms with Gasteiger partial charge >= 0.3 is 0 Å². The maximum absolute atomic E-state index is 13.3. The Bertz CT molecular complexity index is 1290. The summed E-state index contributed by atoms with van der Waals surface area (Å²) in [5, 5.41) is 10.4. The summed E-state index contributed by atoms with van der Waals surface area (Å²) in [7, 11) is 1.50. The first-order chi connectivity index (χ1) is 14.1. The molecular formula is C24H20N2O3. The van der Waals surface area contributed by atoms with Gasteiger partial charge in [-0.15, -0.1) is 0 Å². The number of rotatable bonds is 4. The lowest BCUT2D eigenvalue weighted by Crippen LogP contribution is -2.23. The van der Waals surface area contributed by atoms with Crippen LogP contribution in [0.15, 0.2) is 71.5 Å². The van der Waals surface area contributed by atoms with Gasteiger partial charge in [0.1, 0.15) is 5.82 Å². The van der Waals surface area contributed by atoms with Crippen LogP contribution < -0.4 is 10.3 Å². The summed E-state index contributed by atoms with van der Waals surface area (Å²) in [5.74, 6) is 0.982. The van der Waals surface area contributed by atoms with Gasteiger partial charge < -0.3 is 9.84 Å². The molecule has 1 aromatic heterocycles. The molecule has 0 bridgehead atoms. The van der Waals surface area contributed by atoms with E-state index in [1.807, 2.05) is 55.5 Å². The summed E-state index contributed by atoms with van der Waals surface area (Å²) >= 11 is 0. The fourth-order valence-electron chi connectivity index (χ4n) is 3.28. The van der Waals surface area contributed by atoms with Crippen LogP contribution in [0.2, 0.25) is 0 Å². The normalized spacial score (nSPS) is 11.2. The highest BCUT2D eigenvalue weighted by Gasteiger charge is 2.12. The molecule has 0 atom stereocenters. The van der Waals surface area contributed by atoms with Crippen LogP contribution in [0, 0.1) is 6.92 Å². The van der Waals surface area contributed by atoms with Crippen molar-refractivity contribution in [2.45, 2.75) is 6.92 Å². The molecule has 0 saturated carbocycles. The van der Waals surface area contributed by atoms with E-state index >= 15 is 0 Å². The average molecular weight is 384 g/mol. The Hall–Kier alpha value is -3.86. The molecule has 0 aliphatic carbocycles. The molecule has 1 N–H and O–H groups in total. The molecule has 1 heterocycles. The second kappa shape index (κ2) is 7.64. The van der Waals surface area contributed by atoms with Crippen LogP contribution in [-0.4, -0.2) is 21.8 Å². The van der Waals surface area contributed by atoms with Gasteiger partial charge in [-0.3, -0.25) is 9.36 Å². The van der Waals surface area contributed by atoms with Gasteiger partial charge in [-0.05, 0) is 54.5 Å². The lowest BCUT2D eigenvalue weighted by molar-refractivity contribution is 0.373. The Labute approximate surface area is 168 Å². The Morgan fingerprint density at radius 3 is 2.55 bits per heavy atom.